The molecular weight excluding hydrogens is 238 g/mol. The molecule has 0 saturated heterocycles. The minimum Gasteiger partial charge on any atom is -0.370 e. The highest BCUT2D eigenvalue weighted by Crippen LogP contribution is 2.14. The Bertz CT molecular complexity index is 570. The number of nitrogens with zero attached hydrogens (tertiary/aromatic N) is 3. The summed E-state index contributed by atoms with van der Waals surface area (Å²) in [5, 5.41) is 3.13. The van der Waals surface area contributed by atoms with Crippen molar-refractivity contribution in [3.05, 3.63) is 30.1 Å². The first-order valence-corrected chi connectivity index (χ1v) is 6.68. The number of hydrogen-bond donors (Lipinski definition) is 2. The quantitative estimate of drug-likeness (QED) is 0.634. The fourth-order valence-corrected chi connectivity index (χ4v) is 2.06. The summed E-state index contributed by atoms with van der Waals surface area (Å²) in [5.41, 5.74) is 7.96. The molecule has 2 aromatic rings. The van der Waals surface area contributed by atoms with Gasteiger partial charge in [-0.2, -0.15) is 0 Å². The van der Waals surface area contributed by atoms with Crippen LogP contribution in [0.4, 0.5) is 0 Å². The summed E-state index contributed by atoms with van der Waals surface area (Å²) in [6.07, 6.45) is 1.01. The third kappa shape index (κ3) is 3.24. The van der Waals surface area contributed by atoms with Crippen LogP contribution in [-0.2, 0) is 6.54 Å². The molecule has 0 fully saturated rings. The fourth-order valence-electron chi connectivity index (χ4n) is 2.06. The molecule has 19 heavy (non-hydrogen) atoms. The maximum atomic E-state index is 5.76. The van der Waals surface area contributed by atoms with Crippen molar-refractivity contribution in [3.8, 4) is 0 Å². The van der Waals surface area contributed by atoms with Crippen LogP contribution < -0.4 is 11.1 Å². The Morgan fingerprint density at radius 2 is 2.21 bits per heavy atom. The maximum Gasteiger partial charge on any atom is 0.188 e. The largest absolute Gasteiger partial charge is 0.370 e. The molecule has 1 aromatic carbocycles. The summed E-state index contributed by atoms with van der Waals surface area (Å²) < 4.78 is 2.19. The molecule has 2 rings (SSSR count). The van der Waals surface area contributed by atoms with E-state index in [1.807, 2.05) is 25.1 Å². The lowest BCUT2D eigenvalue weighted by atomic mass is 10.3. The van der Waals surface area contributed by atoms with Crippen LogP contribution in [0.2, 0.25) is 0 Å². The van der Waals surface area contributed by atoms with Gasteiger partial charge in [0.25, 0.3) is 0 Å². The molecule has 0 aliphatic rings. The molecule has 0 radical (unpaired) electrons. The first-order valence-electron chi connectivity index (χ1n) is 6.68. The van der Waals surface area contributed by atoms with Crippen LogP contribution in [0.25, 0.3) is 11.0 Å². The number of imidazole rings is 1. The maximum absolute atomic E-state index is 5.76. The molecule has 3 N–H and O–H groups in total. The summed E-state index contributed by atoms with van der Waals surface area (Å²) in [6, 6.07) is 8.16. The topological polar surface area (TPSA) is 68.2 Å². The second kappa shape index (κ2) is 6.22. The summed E-state index contributed by atoms with van der Waals surface area (Å²) in [5.74, 6) is 1.54. The van der Waals surface area contributed by atoms with Gasteiger partial charge in [0, 0.05) is 19.6 Å². The predicted octanol–water partition coefficient (Wildman–Crippen LogP) is 1.66. The molecule has 0 aliphatic heterocycles. The molecule has 0 amide bonds. The van der Waals surface area contributed by atoms with Crippen molar-refractivity contribution >= 4 is 17.0 Å². The number of nitrogens with one attached hydrogen (secondary N) is 1. The number of hydrogen-bond acceptors (Lipinski definition) is 2. The van der Waals surface area contributed by atoms with Gasteiger partial charge >= 0.3 is 0 Å². The molecule has 0 saturated carbocycles. The molecular formula is C14H21N5. The van der Waals surface area contributed by atoms with Gasteiger partial charge in [-0.25, -0.2) is 4.98 Å². The second-order valence-corrected chi connectivity index (χ2v) is 4.49. The van der Waals surface area contributed by atoms with Crippen molar-refractivity contribution in [2.75, 3.05) is 13.1 Å². The molecule has 0 spiro atoms. The minimum atomic E-state index is 0.518. The SMILES string of the molecule is CCCN=C(N)NCCn1c(C)nc2ccccc21. The normalized spacial score (nSPS) is 12.0. The number of aromatic nitrogens is 2. The number of nitrogens with two attached hydrogens (primary N) is 1. The van der Waals surface area contributed by atoms with E-state index in [0.717, 1.165) is 42.9 Å². The average Bonchev–Trinajstić information content (AvgIpc) is 2.73. The zero-order valence-corrected chi connectivity index (χ0v) is 11.6. The summed E-state index contributed by atoms with van der Waals surface area (Å²) in [7, 11) is 0. The minimum absolute atomic E-state index is 0.518. The highest BCUT2D eigenvalue weighted by molar-refractivity contribution is 5.78. The van der Waals surface area contributed by atoms with Crippen LogP contribution in [0.1, 0.15) is 19.2 Å². The lowest BCUT2D eigenvalue weighted by molar-refractivity contribution is 0.668. The molecule has 5 heteroatoms. The summed E-state index contributed by atoms with van der Waals surface area (Å²) >= 11 is 0. The number of fused-ring (bicyclic) bond motifs is 1. The number of para-hydroxylation sites is 2. The summed E-state index contributed by atoms with van der Waals surface area (Å²) in [4.78, 5) is 8.74. The zero-order chi connectivity index (χ0) is 13.7. The van der Waals surface area contributed by atoms with Gasteiger partial charge in [-0.3, -0.25) is 4.99 Å². The lowest BCUT2D eigenvalue weighted by Crippen LogP contribution is -2.34. The lowest BCUT2D eigenvalue weighted by Gasteiger charge is -2.08. The molecule has 0 unspecified atom stereocenters. The van der Waals surface area contributed by atoms with Crippen LogP contribution in [0, 0.1) is 6.92 Å². The molecule has 1 heterocycles. The van der Waals surface area contributed by atoms with Gasteiger partial charge in [-0.05, 0) is 25.5 Å². The number of guanidine groups is 1. The molecule has 1 aromatic heterocycles. The molecule has 0 aliphatic carbocycles. The van der Waals surface area contributed by atoms with E-state index in [1.54, 1.807) is 0 Å². The summed E-state index contributed by atoms with van der Waals surface area (Å²) in [6.45, 7) is 6.45. The Balaban J connectivity index is 2.00. The van der Waals surface area contributed by atoms with E-state index in [9.17, 15) is 0 Å². The Kier molecular flexibility index (Phi) is 4.39. The van der Waals surface area contributed by atoms with Crippen LogP contribution in [-0.4, -0.2) is 28.6 Å². The van der Waals surface area contributed by atoms with E-state index in [2.05, 4.69) is 32.9 Å². The Morgan fingerprint density at radius 3 is 3.00 bits per heavy atom. The standard InChI is InChI=1S/C14H21N5/c1-3-8-16-14(15)17-9-10-19-11(2)18-12-6-4-5-7-13(12)19/h4-7H,3,8-10H2,1-2H3,(H3,15,16,17). The zero-order valence-electron chi connectivity index (χ0n) is 11.6. The fraction of sp³-hybridized carbons (Fsp3) is 0.429. The highest BCUT2D eigenvalue weighted by atomic mass is 15.1. The van der Waals surface area contributed by atoms with Crippen LogP contribution in [0.5, 0.6) is 0 Å². The highest BCUT2D eigenvalue weighted by Gasteiger charge is 2.05. The monoisotopic (exact) mass is 259 g/mol. The van der Waals surface area contributed by atoms with E-state index in [4.69, 9.17) is 5.73 Å². The third-order valence-corrected chi connectivity index (χ3v) is 2.99. The first kappa shape index (κ1) is 13.4. The van der Waals surface area contributed by atoms with Gasteiger partial charge in [0.2, 0.25) is 0 Å². The smallest absolute Gasteiger partial charge is 0.188 e. The van der Waals surface area contributed by atoms with E-state index >= 15 is 0 Å². The third-order valence-electron chi connectivity index (χ3n) is 2.99. The molecule has 0 bridgehead atoms. The average molecular weight is 259 g/mol. The molecule has 0 atom stereocenters. The first-order chi connectivity index (χ1) is 9.22. The Hall–Kier alpha value is -2.04. The number of benzene rings is 1. The van der Waals surface area contributed by atoms with Gasteiger partial charge in [-0.15, -0.1) is 0 Å². The van der Waals surface area contributed by atoms with Crippen molar-refractivity contribution in [2.24, 2.45) is 10.7 Å². The Morgan fingerprint density at radius 1 is 1.42 bits per heavy atom. The second-order valence-electron chi connectivity index (χ2n) is 4.49. The van der Waals surface area contributed by atoms with Crippen molar-refractivity contribution in [1.82, 2.24) is 14.9 Å². The van der Waals surface area contributed by atoms with Crippen molar-refractivity contribution in [3.63, 3.8) is 0 Å². The van der Waals surface area contributed by atoms with Crippen molar-refractivity contribution in [1.29, 1.82) is 0 Å². The van der Waals surface area contributed by atoms with E-state index in [-0.39, 0.29) is 0 Å². The van der Waals surface area contributed by atoms with Gasteiger partial charge in [0.15, 0.2) is 5.96 Å². The van der Waals surface area contributed by atoms with Gasteiger partial charge in [0.05, 0.1) is 11.0 Å². The van der Waals surface area contributed by atoms with E-state index in [1.165, 1.54) is 0 Å². The van der Waals surface area contributed by atoms with Gasteiger partial charge < -0.3 is 15.6 Å². The van der Waals surface area contributed by atoms with E-state index in [0.29, 0.717) is 5.96 Å². The molecule has 5 nitrogen and oxygen atoms in total. The Labute approximate surface area is 113 Å². The molecule has 102 valence electrons. The number of aryl methyl sites for hydroxylation is 1. The van der Waals surface area contributed by atoms with Crippen LogP contribution >= 0.6 is 0 Å². The number of rotatable bonds is 5. The predicted molar refractivity (Wildman–Crippen MR) is 79.3 cm³/mol. The van der Waals surface area contributed by atoms with Gasteiger partial charge in [0.1, 0.15) is 5.82 Å². The van der Waals surface area contributed by atoms with E-state index < -0.39 is 0 Å². The van der Waals surface area contributed by atoms with Crippen molar-refractivity contribution in [2.45, 2.75) is 26.8 Å². The van der Waals surface area contributed by atoms with Crippen LogP contribution in [0.3, 0.4) is 0 Å². The number of aliphatic imine (C=N–C) groups is 1. The van der Waals surface area contributed by atoms with Crippen molar-refractivity contribution < 1.29 is 0 Å². The van der Waals surface area contributed by atoms with Crippen LogP contribution in [0.15, 0.2) is 29.3 Å². The van der Waals surface area contributed by atoms with Gasteiger partial charge in [-0.1, -0.05) is 19.1 Å².